The number of nitrogens with one attached hydrogen (secondary N) is 1. The van der Waals surface area contributed by atoms with Crippen molar-refractivity contribution in [1.82, 2.24) is 0 Å². The fraction of sp³-hybridized carbons (Fsp3) is 0.459. The van der Waals surface area contributed by atoms with Gasteiger partial charge in [-0.25, -0.2) is 0 Å². The summed E-state index contributed by atoms with van der Waals surface area (Å²) in [5, 5.41) is 3.05. The molecule has 0 unspecified atom stereocenters. The molecule has 0 saturated heterocycles. The minimum absolute atomic E-state index is 0.0454. The zero-order valence-electron chi connectivity index (χ0n) is 26.8. The highest BCUT2D eigenvalue weighted by molar-refractivity contribution is 6.04. The maximum atomic E-state index is 13.4. The Morgan fingerprint density at radius 1 is 0.525 bits per heavy atom. The van der Waals surface area contributed by atoms with Crippen molar-refractivity contribution in [2.75, 3.05) is 5.32 Å². The summed E-state index contributed by atoms with van der Waals surface area (Å²) in [7, 11) is 0. The van der Waals surface area contributed by atoms with Gasteiger partial charge in [0.05, 0.1) is 0 Å². The number of hydrogen-bond acceptors (Lipinski definition) is 2. The van der Waals surface area contributed by atoms with Gasteiger partial charge < -0.3 is 5.32 Å². The molecule has 3 nitrogen and oxygen atoms in total. The fourth-order valence-electron chi connectivity index (χ4n) is 4.48. The molecule has 0 aliphatic heterocycles. The first kappa shape index (κ1) is 31.3. The van der Waals surface area contributed by atoms with E-state index in [1.165, 1.54) is 11.1 Å². The van der Waals surface area contributed by atoms with Crippen LogP contribution in [-0.4, -0.2) is 11.7 Å². The number of ketones is 1. The normalized spacial score (nSPS) is 12.8. The summed E-state index contributed by atoms with van der Waals surface area (Å²) in [5.41, 5.74) is 7.45. The van der Waals surface area contributed by atoms with E-state index in [9.17, 15) is 9.59 Å². The molecule has 0 atom stereocenters. The van der Waals surface area contributed by atoms with Crippen LogP contribution in [0.2, 0.25) is 0 Å². The number of carbonyl (C=O) groups is 2. The minimum atomic E-state index is -0.130. The Hall–Kier alpha value is -3.20. The minimum Gasteiger partial charge on any atom is -0.322 e. The third kappa shape index (κ3) is 7.93. The first-order chi connectivity index (χ1) is 18.1. The summed E-state index contributed by atoms with van der Waals surface area (Å²) >= 11 is 0. The van der Waals surface area contributed by atoms with E-state index < -0.39 is 0 Å². The molecule has 0 bridgehead atoms. The van der Waals surface area contributed by atoms with Gasteiger partial charge in [-0.15, -0.1) is 0 Å². The molecule has 0 aliphatic carbocycles. The summed E-state index contributed by atoms with van der Waals surface area (Å²) in [6.45, 7) is 26.1. The van der Waals surface area contributed by atoms with E-state index in [-0.39, 0.29) is 33.4 Å². The lowest BCUT2D eigenvalue weighted by molar-refractivity contribution is 0.0990. The van der Waals surface area contributed by atoms with Crippen molar-refractivity contribution in [1.29, 1.82) is 0 Å². The third-order valence-electron chi connectivity index (χ3n) is 7.49. The van der Waals surface area contributed by atoms with Crippen LogP contribution in [0.25, 0.3) is 0 Å². The Bertz CT molecular complexity index is 1210. The van der Waals surface area contributed by atoms with Crippen LogP contribution in [0, 0.1) is 0 Å². The van der Waals surface area contributed by atoms with Crippen LogP contribution in [0.5, 0.6) is 0 Å². The summed E-state index contributed by atoms with van der Waals surface area (Å²) < 4.78 is 0. The second kappa shape index (κ2) is 11.0. The lowest BCUT2D eigenvalue weighted by Crippen LogP contribution is -2.20. The van der Waals surface area contributed by atoms with E-state index in [4.69, 9.17) is 0 Å². The SMILES string of the molecule is CC(C)(C)c1cc(C(=O)Cc2ccc(NC(=O)c3cc(C(C)(C)C)cc(C(C)(C)C)c3)cc2)cc(C(C)(C)C)c1. The summed E-state index contributed by atoms with van der Waals surface area (Å²) in [6, 6.07) is 20.1. The summed E-state index contributed by atoms with van der Waals surface area (Å²) in [6.07, 6.45) is 0.313. The van der Waals surface area contributed by atoms with Gasteiger partial charge in [0.1, 0.15) is 0 Å². The first-order valence-corrected chi connectivity index (χ1v) is 14.4. The quantitative estimate of drug-likeness (QED) is 0.328. The highest BCUT2D eigenvalue weighted by Crippen LogP contribution is 2.32. The zero-order valence-corrected chi connectivity index (χ0v) is 26.8. The van der Waals surface area contributed by atoms with Gasteiger partial charge in [-0.2, -0.15) is 0 Å². The van der Waals surface area contributed by atoms with Gasteiger partial charge in [-0.1, -0.05) is 107 Å². The fourth-order valence-corrected chi connectivity index (χ4v) is 4.48. The van der Waals surface area contributed by atoms with Gasteiger partial charge in [-0.05, 0) is 85.9 Å². The Morgan fingerprint density at radius 2 is 0.875 bits per heavy atom. The number of Topliss-reactive ketones (excluding diaryl/α,β-unsaturated/α-hetero) is 1. The van der Waals surface area contributed by atoms with Crippen LogP contribution in [0.3, 0.4) is 0 Å². The topological polar surface area (TPSA) is 46.2 Å². The van der Waals surface area contributed by atoms with Crippen LogP contribution in [0.1, 0.15) is 132 Å². The molecule has 0 heterocycles. The predicted molar refractivity (Wildman–Crippen MR) is 170 cm³/mol. The van der Waals surface area contributed by atoms with Gasteiger partial charge in [0.2, 0.25) is 0 Å². The van der Waals surface area contributed by atoms with Crippen molar-refractivity contribution < 1.29 is 9.59 Å². The number of hydrogen-bond donors (Lipinski definition) is 1. The third-order valence-corrected chi connectivity index (χ3v) is 7.49. The molecule has 0 spiro atoms. The van der Waals surface area contributed by atoms with Crippen LogP contribution in [0.15, 0.2) is 60.7 Å². The van der Waals surface area contributed by atoms with E-state index >= 15 is 0 Å². The van der Waals surface area contributed by atoms with E-state index in [1.807, 2.05) is 48.5 Å². The van der Waals surface area contributed by atoms with Crippen molar-refractivity contribution >= 4 is 17.4 Å². The van der Waals surface area contributed by atoms with Gasteiger partial charge in [0, 0.05) is 23.2 Å². The predicted octanol–water partition coefficient (Wildman–Crippen LogP) is 9.55. The molecule has 3 heteroatoms. The maximum Gasteiger partial charge on any atom is 0.255 e. The Kier molecular flexibility index (Phi) is 8.61. The van der Waals surface area contributed by atoms with E-state index in [0.717, 1.165) is 22.3 Å². The van der Waals surface area contributed by atoms with E-state index in [0.29, 0.717) is 17.7 Å². The van der Waals surface area contributed by atoms with Crippen molar-refractivity contribution in [3.63, 3.8) is 0 Å². The second-order valence-electron chi connectivity index (χ2n) is 15.3. The molecule has 0 aliphatic rings. The van der Waals surface area contributed by atoms with E-state index in [1.54, 1.807) is 0 Å². The van der Waals surface area contributed by atoms with Crippen molar-refractivity contribution in [2.24, 2.45) is 0 Å². The highest BCUT2D eigenvalue weighted by atomic mass is 16.1. The van der Waals surface area contributed by atoms with Crippen LogP contribution in [-0.2, 0) is 28.1 Å². The van der Waals surface area contributed by atoms with Crippen LogP contribution >= 0.6 is 0 Å². The first-order valence-electron chi connectivity index (χ1n) is 14.4. The molecule has 214 valence electrons. The number of carbonyl (C=O) groups excluding carboxylic acids is 2. The number of anilines is 1. The average Bonchev–Trinajstić information content (AvgIpc) is 2.82. The molecule has 0 fully saturated rings. The number of benzene rings is 3. The number of amides is 1. The van der Waals surface area contributed by atoms with E-state index in [2.05, 4.69) is 101 Å². The van der Waals surface area contributed by atoms with Gasteiger partial charge >= 0.3 is 0 Å². The number of rotatable bonds is 5. The van der Waals surface area contributed by atoms with Crippen molar-refractivity contribution in [2.45, 2.75) is 111 Å². The Balaban J connectivity index is 1.81. The molecular formula is C37H49NO2. The molecule has 3 rings (SSSR count). The standard InChI is InChI=1S/C37H49NO2/c1-34(2,3)27-18-25(19-28(22-27)35(4,5)6)32(39)17-24-13-15-31(16-14-24)38-33(40)26-20-29(36(7,8)9)23-30(21-26)37(10,11)12/h13-16,18-23H,17H2,1-12H3,(H,38,40). The average molecular weight is 540 g/mol. The summed E-state index contributed by atoms with van der Waals surface area (Å²) in [4.78, 5) is 26.7. The highest BCUT2D eigenvalue weighted by Gasteiger charge is 2.24. The monoisotopic (exact) mass is 539 g/mol. The summed E-state index contributed by atoms with van der Waals surface area (Å²) in [5.74, 6) is -0.0313. The lowest BCUT2D eigenvalue weighted by Gasteiger charge is -2.26. The van der Waals surface area contributed by atoms with Gasteiger partial charge in [0.15, 0.2) is 5.78 Å². The molecule has 3 aromatic rings. The van der Waals surface area contributed by atoms with Gasteiger partial charge in [-0.3, -0.25) is 9.59 Å². The largest absolute Gasteiger partial charge is 0.322 e. The molecule has 0 radical (unpaired) electrons. The van der Waals surface area contributed by atoms with Crippen LogP contribution < -0.4 is 5.32 Å². The molecule has 1 N–H and O–H groups in total. The molecule has 1 amide bonds. The molecule has 0 aromatic heterocycles. The second-order valence-corrected chi connectivity index (χ2v) is 15.3. The van der Waals surface area contributed by atoms with Gasteiger partial charge in [0.25, 0.3) is 5.91 Å². The van der Waals surface area contributed by atoms with Crippen LogP contribution in [0.4, 0.5) is 5.69 Å². The Morgan fingerprint density at radius 3 is 1.23 bits per heavy atom. The molecule has 3 aromatic carbocycles. The molecule has 40 heavy (non-hydrogen) atoms. The molecular weight excluding hydrogens is 490 g/mol. The molecule has 0 saturated carbocycles. The zero-order chi connectivity index (χ0) is 30.3. The maximum absolute atomic E-state index is 13.4. The lowest BCUT2D eigenvalue weighted by atomic mass is 9.79. The smallest absolute Gasteiger partial charge is 0.255 e. The van der Waals surface area contributed by atoms with Crippen molar-refractivity contribution in [3.05, 3.63) is 99.6 Å². The van der Waals surface area contributed by atoms with Crippen molar-refractivity contribution in [3.8, 4) is 0 Å². The Labute approximate surface area is 242 Å².